The minimum Gasteiger partial charge on any atom is -0.493 e. The van der Waals surface area contributed by atoms with Crippen LogP contribution >= 0.6 is 0 Å². The SMILES string of the molecule is COc1ccc(CNC(C)C)cc1OC1C=CCCC1. The molecule has 1 atom stereocenters. The molecule has 110 valence electrons. The van der Waals surface area contributed by atoms with Gasteiger partial charge in [-0.3, -0.25) is 0 Å². The van der Waals surface area contributed by atoms with E-state index in [0.29, 0.717) is 6.04 Å². The molecule has 0 amide bonds. The van der Waals surface area contributed by atoms with E-state index in [4.69, 9.17) is 9.47 Å². The maximum Gasteiger partial charge on any atom is 0.162 e. The van der Waals surface area contributed by atoms with Gasteiger partial charge in [0.25, 0.3) is 0 Å². The van der Waals surface area contributed by atoms with E-state index in [-0.39, 0.29) is 6.10 Å². The summed E-state index contributed by atoms with van der Waals surface area (Å²) >= 11 is 0. The maximum atomic E-state index is 6.09. The van der Waals surface area contributed by atoms with E-state index in [0.717, 1.165) is 30.9 Å². The minimum atomic E-state index is 0.172. The number of nitrogens with one attached hydrogen (secondary N) is 1. The number of hydrogen-bond acceptors (Lipinski definition) is 3. The van der Waals surface area contributed by atoms with Gasteiger partial charge in [0.1, 0.15) is 6.10 Å². The molecule has 0 radical (unpaired) electrons. The van der Waals surface area contributed by atoms with Crippen LogP contribution in [-0.2, 0) is 6.54 Å². The monoisotopic (exact) mass is 275 g/mol. The first kappa shape index (κ1) is 14.9. The Balaban J connectivity index is 2.09. The molecule has 0 aromatic heterocycles. The molecule has 0 aliphatic heterocycles. The van der Waals surface area contributed by atoms with E-state index in [2.05, 4.69) is 43.4 Å². The summed E-state index contributed by atoms with van der Waals surface area (Å²) in [7, 11) is 1.69. The molecule has 1 unspecified atom stereocenters. The standard InChI is InChI=1S/C17H25NO2/c1-13(2)18-12-14-9-10-16(19-3)17(11-14)20-15-7-5-4-6-8-15/h5,7,9-11,13,15,18H,4,6,8,12H2,1-3H3. The number of allylic oxidation sites excluding steroid dienone is 1. The Morgan fingerprint density at radius 3 is 2.80 bits per heavy atom. The highest BCUT2D eigenvalue weighted by molar-refractivity contribution is 5.43. The highest BCUT2D eigenvalue weighted by Gasteiger charge is 2.13. The van der Waals surface area contributed by atoms with Crippen molar-refractivity contribution in [3.63, 3.8) is 0 Å². The molecule has 2 rings (SSSR count). The average molecular weight is 275 g/mol. The van der Waals surface area contributed by atoms with Crippen molar-refractivity contribution in [2.45, 2.75) is 51.8 Å². The molecule has 1 aromatic rings. The molecule has 20 heavy (non-hydrogen) atoms. The molecular formula is C17H25NO2. The highest BCUT2D eigenvalue weighted by Crippen LogP contribution is 2.30. The van der Waals surface area contributed by atoms with E-state index in [9.17, 15) is 0 Å². The predicted octanol–water partition coefficient (Wildman–Crippen LogP) is 3.68. The maximum absolute atomic E-state index is 6.09. The summed E-state index contributed by atoms with van der Waals surface area (Å²) in [5.74, 6) is 1.64. The average Bonchev–Trinajstić information content (AvgIpc) is 2.46. The van der Waals surface area contributed by atoms with Crippen molar-refractivity contribution in [3.05, 3.63) is 35.9 Å². The summed E-state index contributed by atoms with van der Waals surface area (Å²) in [5.41, 5.74) is 1.22. The second-order valence-electron chi connectivity index (χ2n) is 5.54. The predicted molar refractivity (Wildman–Crippen MR) is 82.4 cm³/mol. The van der Waals surface area contributed by atoms with E-state index in [1.165, 1.54) is 12.0 Å². The zero-order chi connectivity index (χ0) is 14.4. The molecule has 0 bridgehead atoms. The second kappa shape index (κ2) is 7.34. The van der Waals surface area contributed by atoms with E-state index < -0.39 is 0 Å². The quantitative estimate of drug-likeness (QED) is 0.803. The number of ether oxygens (including phenoxy) is 2. The Hall–Kier alpha value is -1.48. The van der Waals surface area contributed by atoms with Crippen molar-refractivity contribution in [3.8, 4) is 11.5 Å². The van der Waals surface area contributed by atoms with Crippen molar-refractivity contribution in [1.29, 1.82) is 0 Å². The molecule has 0 saturated carbocycles. The minimum absolute atomic E-state index is 0.172. The first-order valence-corrected chi connectivity index (χ1v) is 7.42. The Morgan fingerprint density at radius 1 is 1.30 bits per heavy atom. The zero-order valence-corrected chi connectivity index (χ0v) is 12.7. The van der Waals surface area contributed by atoms with Gasteiger partial charge in [-0.05, 0) is 43.0 Å². The van der Waals surface area contributed by atoms with Gasteiger partial charge in [-0.2, -0.15) is 0 Å². The van der Waals surface area contributed by atoms with Gasteiger partial charge in [-0.1, -0.05) is 26.0 Å². The van der Waals surface area contributed by atoms with Crippen LogP contribution in [0, 0.1) is 0 Å². The first-order chi connectivity index (χ1) is 9.69. The molecule has 0 spiro atoms. The van der Waals surface area contributed by atoms with Gasteiger partial charge in [0.05, 0.1) is 7.11 Å². The van der Waals surface area contributed by atoms with Gasteiger partial charge in [0, 0.05) is 12.6 Å². The molecule has 1 aliphatic carbocycles. The molecule has 1 aliphatic rings. The number of methoxy groups -OCH3 is 1. The van der Waals surface area contributed by atoms with E-state index in [1.807, 2.05) is 6.07 Å². The summed E-state index contributed by atoms with van der Waals surface area (Å²) in [6.45, 7) is 5.14. The molecule has 1 N–H and O–H groups in total. The van der Waals surface area contributed by atoms with Crippen LogP contribution in [0.4, 0.5) is 0 Å². The van der Waals surface area contributed by atoms with Crippen LogP contribution in [-0.4, -0.2) is 19.3 Å². The van der Waals surface area contributed by atoms with Crippen LogP contribution in [0.1, 0.15) is 38.7 Å². The summed E-state index contributed by atoms with van der Waals surface area (Å²) < 4.78 is 11.5. The van der Waals surface area contributed by atoms with Gasteiger partial charge in [0.15, 0.2) is 11.5 Å². The molecule has 3 nitrogen and oxygen atoms in total. The topological polar surface area (TPSA) is 30.5 Å². The summed E-state index contributed by atoms with van der Waals surface area (Å²) in [4.78, 5) is 0. The van der Waals surface area contributed by atoms with Crippen molar-refractivity contribution in [2.24, 2.45) is 0 Å². The Labute approximate surface area is 122 Å². The van der Waals surface area contributed by atoms with Gasteiger partial charge >= 0.3 is 0 Å². The Bertz CT molecular complexity index is 454. The van der Waals surface area contributed by atoms with Gasteiger partial charge in [0.2, 0.25) is 0 Å². The fourth-order valence-corrected chi connectivity index (χ4v) is 2.29. The van der Waals surface area contributed by atoms with Gasteiger partial charge in [-0.25, -0.2) is 0 Å². The van der Waals surface area contributed by atoms with Crippen molar-refractivity contribution < 1.29 is 9.47 Å². The molecular weight excluding hydrogens is 250 g/mol. The fourth-order valence-electron chi connectivity index (χ4n) is 2.29. The lowest BCUT2D eigenvalue weighted by Crippen LogP contribution is -2.22. The van der Waals surface area contributed by atoms with Crippen LogP contribution in [0.3, 0.4) is 0 Å². The van der Waals surface area contributed by atoms with Crippen LogP contribution in [0.15, 0.2) is 30.4 Å². The van der Waals surface area contributed by atoms with E-state index >= 15 is 0 Å². The van der Waals surface area contributed by atoms with Crippen LogP contribution in [0.2, 0.25) is 0 Å². The first-order valence-electron chi connectivity index (χ1n) is 7.42. The largest absolute Gasteiger partial charge is 0.493 e. The van der Waals surface area contributed by atoms with Crippen molar-refractivity contribution in [1.82, 2.24) is 5.32 Å². The van der Waals surface area contributed by atoms with E-state index in [1.54, 1.807) is 7.11 Å². The lowest BCUT2D eigenvalue weighted by atomic mass is 10.1. The number of hydrogen-bond donors (Lipinski definition) is 1. The van der Waals surface area contributed by atoms with Crippen molar-refractivity contribution >= 4 is 0 Å². The van der Waals surface area contributed by atoms with Gasteiger partial charge in [-0.15, -0.1) is 0 Å². The molecule has 0 heterocycles. The van der Waals surface area contributed by atoms with Crippen LogP contribution in [0.25, 0.3) is 0 Å². The Kier molecular flexibility index (Phi) is 5.48. The third-order valence-corrected chi connectivity index (χ3v) is 3.43. The number of rotatable bonds is 6. The Morgan fingerprint density at radius 2 is 2.15 bits per heavy atom. The molecule has 0 saturated heterocycles. The van der Waals surface area contributed by atoms with Crippen LogP contribution < -0.4 is 14.8 Å². The van der Waals surface area contributed by atoms with Gasteiger partial charge < -0.3 is 14.8 Å². The summed E-state index contributed by atoms with van der Waals surface area (Å²) in [6, 6.07) is 6.62. The second-order valence-corrected chi connectivity index (χ2v) is 5.54. The highest BCUT2D eigenvalue weighted by atomic mass is 16.5. The van der Waals surface area contributed by atoms with Crippen LogP contribution in [0.5, 0.6) is 11.5 Å². The molecule has 3 heteroatoms. The summed E-state index contributed by atoms with van der Waals surface area (Å²) in [6.07, 6.45) is 7.96. The normalized spacial score (nSPS) is 18.3. The lowest BCUT2D eigenvalue weighted by Gasteiger charge is -2.20. The smallest absolute Gasteiger partial charge is 0.162 e. The molecule has 0 fully saturated rings. The third kappa shape index (κ3) is 4.27. The summed E-state index contributed by atoms with van der Waals surface area (Å²) in [5, 5.41) is 3.42. The fraction of sp³-hybridized carbons (Fsp3) is 0.529. The third-order valence-electron chi connectivity index (χ3n) is 3.43. The zero-order valence-electron chi connectivity index (χ0n) is 12.7. The molecule has 1 aromatic carbocycles. The lowest BCUT2D eigenvalue weighted by molar-refractivity contribution is 0.219. The number of benzene rings is 1. The van der Waals surface area contributed by atoms with Crippen molar-refractivity contribution in [2.75, 3.05) is 7.11 Å².